The quantitative estimate of drug-likeness (QED) is 0.149. The average molecular weight is 601 g/mol. The third-order valence-electron chi connectivity index (χ3n) is 4.69. The van der Waals surface area contributed by atoms with Crippen molar-refractivity contribution in [3.05, 3.63) is 35.9 Å². The van der Waals surface area contributed by atoms with Crippen molar-refractivity contribution in [3.8, 4) is 11.5 Å². The van der Waals surface area contributed by atoms with Gasteiger partial charge in [-0.1, -0.05) is 6.07 Å². The summed E-state index contributed by atoms with van der Waals surface area (Å²) < 4.78 is 128. The van der Waals surface area contributed by atoms with E-state index in [9.17, 15) is 62.8 Å². The van der Waals surface area contributed by atoms with Gasteiger partial charge in [0.2, 0.25) is 0 Å². The van der Waals surface area contributed by atoms with E-state index >= 15 is 0 Å². The molecule has 0 unspecified atom stereocenters. The van der Waals surface area contributed by atoms with E-state index in [0.29, 0.717) is 12.1 Å². The second kappa shape index (κ2) is 9.13. The van der Waals surface area contributed by atoms with Crippen LogP contribution in [0.1, 0.15) is 5.56 Å². The van der Waals surface area contributed by atoms with Crippen molar-refractivity contribution in [2.75, 3.05) is 0 Å². The summed E-state index contributed by atoms with van der Waals surface area (Å²) in [5.74, 6) is -2.61. The van der Waals surface area contributed by atoms with Gasteiger partial charge in [-0.3, -0.25) is 13.7 Å². The van der Waals surface area contributed by atoms with Gasteiger partial charge in [0.05, 0.1) is 9.79 Å². The molecular formula is C17H16N2O14S4. The Labute approximate surface area is 210 Å². The van der Waals surface area contributed by atoms with E-state index in [4.69, 9.17) is 0 Å². The van der Waals surface area contributed by atoms with Crippen molar-refractivity contribution in [1.29, 1.82) is 0 Å². The normalized spacial score (nSPS) is 13.9. The number of benzene rings is 3. The van der Waals surface area contributed by atoms with Crippen LogP contribution >= 0.6 is 10.9 Å². The van der Waals surface area contributed by atoms with E-state index in [0.717, 1.165) is 6.07 Å². The molecule has 0 radical (unpaired) electrons. The Morgan fingerprint density at radius 3 is 1.68 bits per heavy atom. The van der Waals surface area contributed by atoms with Gasteiger partial charge in [-0.15, -0.1) is 10.2 Å². The van der Waals surface area contributed by atoms with Crippen molar-refractivity contribution in [2.45, 2.75) is 26.5 Å². The Morgan fingerprint density at radius 2 is 1.19 bits per heavy atom. The maximum absolute atomic E-state index is 12.0. The maximum atomic E-state index is 12.0. The van der Waals surface area contributed by atoms with Gasteiger partial charge in [-0.2, -0.15) is 25.3 Å². The molecule has 202 valence electrons. The van der Waals surface area contributed by atoms with Crippen LogP contribution in [0, 0.1) is 6.92 Å². The number of phenols is 2. The smallest absolute Gasteiger partial charge is 0.298 e. The highest BCUT2D eigenvalue weighted by Gasteiger charge is 2.29. The fourth-order valence-electron chi connectivity index (χ4n) is 3.20. The molecule has 0 saturated carbocycles. The standard InChI is InChI=1S/C17H16N2O14S4/c1-7-2-8-4-12(36(28,29)30)15(17(21)14(8)11(3-7)35(25,26)27)19-18-10-5-9(34(22,23)24)6-13(16(10)20)37(31,32)33/h2-6,20-21,25-27H,1H3,(H,22,23,24)(H,28,29,30)(H,31,32,33). The van der Waals surface area contributed by atoms with Crippen LogP contribution < -0.4 is 0 Å². The van der Waals surface area contributed by atoms with Gasteiger partial charge in [0.25, 0.3) is 30.4 Å². The number of phenolic OH excluding ortho intramolecular Hbond substituents is 2. The van der Waals surface area contributed by atoms with Crippen LogP contribution in [0.4, 0.5) is 11.4 Å². The molecule has 3 aromatic carbocycles. The third-order valence-corrected chi connectivity index (χ3v) is 8.17. The van der Waals surface area contributed by atoms with Crippen LogP contribution in [0.5, 0.6) is 11.5 Å². The Morgan fingerprint density at radius 1 is 0.622 bits per heavy atom. The van der Waals surface area contributed by atoms with E-state index in [1.54, 1.807) is 0 Å². The molecule has 0 atom stereocenters. The van der Waals surface area contributed by atoms with Crippen LogP contribution in [0.25, 0.3) is 10.8 Å². The first kappa shape index (κ1) is 28.6. The molecule has 0 aromatic heterocycles. The van der Waals surface area contributed by atoms with Crippen molar-refractivity contribution >= 4 is 63.4 Å². The summed E-state index contributed by atoms with van der Waals surface area (Å²) in [6.45, 7) is 1.42. The zero-order valence-electron chi connectivity index (χ0n) is 17.9. The minimum Gasteiger partial charge on any atom is -0.505 e. The summed E-state index contributed by atoms with van der Waals surface area (Å²) in [6, 6.07) is 3.52. The number of nitrogens with zero attached hydrogens (tertiary/aromatic N) is 2. The molecule has 0 fully saturated rings. The second-order valence-electron chi connectivity index (χ2n) is 7.37. The predicted molar refractivity (Wildman–Crippen MR) is 126 cm³/mol. The highest BCUT2D eigenvalue weighted by Crippen LogP contribution is 2.53. The molecule has 37 heavy (non-hydrogen) atoms. The van der Waals surface area contributed by atoms with Gasteiger partial charge in [-0.05, 0) is 42.1 Å². The van der Waals surface area contributed by atoms with E-state index in [1.807, 2.05) is 0 Å². The van der Waals surface area contributed by atoms with Gasteiger partial charge >= 0.3 is 0 Å². The number of hydrogen-bond donors (Lipinski definition) is 8. The Bertz CT molecular complexity index is 1810. The Balaban J connectivity index is 2.45. The lowest BCUT2D eigenvalue weighted by Gasteiger charge is -2.23. The summed E-state index contributed by atoms with van der Waals surface area (Å²) in [6.07, 6.45) is 0. The van der Waals surface area contributed by atoms with Gasteiger partial charge in [0, 0.05) is 5.39 Å². The molecule has 3 rings (SSSR count). The van der Waals surface area contributed by atoms with Gasteiger partial charge in [-0.25, -0.2) is 0 Å². The molecule has 3 aromatic rings. The first-order valence-electron chi connectivity index (χ1n) is 9.14. The fraction of sp³-hybridized carbons (Fsp3) is 0.0588. The lowest BCUT2D eigenvalue weighted by Crippen LogP contribution is -2.04. The number of rotatable bonds is 6. The minimum atomic E-state index is -5.31. The van der Waals surface area contributed by atoms with E-state index in [-0.39, 0.29) is 17.0 Å². The first-order chi connectivity index (χ1) is 16.6. The molecule has 16 nitrogen and oxygen atoms in total. The van der Waals surface area contributed by atoms with Crippen LogP contribution in [0.3, 0.4) is 0 Å². The van der Waals surface area contributed by atoms with Crippen LogP contribution in [-0.2, 0) is 30.4 Å². The van der Waals surface area contributed by atoms with Crippen LogP contribution in [0.15, 0.2) is 60.1 Å². The molecule has 0 amide bonds. The molecule has 0 heterocycles. The predicted octanol–water partition coefficient (Wildman–Crippen LogP) is 3.30. The Kier molecular flexibility index (Phi) is 7.07. The van der Waals surface area contributed by atoms with Crippen molar-refractivity contribution in [1.82, 2.24) is 0 Å². The summed E-state index contributed by atoms with van der Waals surface area (Å²) in [5, 5.41) is 26.7. The minimum absolute atomic E-state index is 0.177. The largest absolute Gasteiger partial charge is 0.505 e. The molecule has 0 aliphatic carbocycles. The lowest BCUT2D eigenvalue weighted by atomic mass is 10.1. The Hall–Kier alpha value is -2.92. The van der Waals surface area contributed by atoms with E-state index < -0.39 is 89.1 Å². The zero-order valence-corrected chi connectivity index (χ0v) is 21.2. The molecule has 0 aliphatic rings. The molecular weight excluding hydrogens is 584 g/mol. The number of aromatic hydroxyl groups is 2. The number of aryl methyl sites for hydroxylation is 1. The van der Waals surface area contributed by atoms with Gasteiger partial charge in [0.15, 0.2) is 11.5 Å². The van der Waals surface area contributed by atoms with E-state index in [1.165, 1.54) is 13.0 Å². The molecule has 0 saturated heterocycles. The van der Waals surface area contributed by atoms with Gasteiger partial charge in [0.1, 0.15) is 32.0 Å². The number of azo groups is 1. The molecule has 0 aliphatic heterocycles. The highest BCUT2D eigenvalue weighted by atomic mass is 32.3. The summed E-state index contributed by atoms with van der Waals surface area (Å²) in [7, 11) is -20.2. The van der Waals surface area contributed by atoms with Crippen LogP contribution in [-0.4, -0.2) is 62.8 Å². The van der Waals surface area contributed by atoms with E-state index in [2.05, 4.69) is 10.2 Å². The number of hydrogen-bond acceptors (Lipinski definition) is 13. The summed E-state index contributed by atoms with van der Waals surface area (Å²) >= 11 is 0. The SMILES string of the molecule is Cc1cc(S(O)(O)O)c2c(O)c(N=Nc3cc(S(=O)(=O)O)cc(S(=O)(=O)O)c3O)c(S(=O)(=O)O)cc2c1. The fourth-order valence-corrected chi connectivity index (χ4v) is 5.91. The van der Waals surface area contributed by atoms with Crippen molar-refractivity contribution in [3.63, 3.8) is 0 Å². The summed E-state index contributed by atoms with van der Waals surface area (Å²) in [4.78, 5) is -4.45. The first-order valence-corrected chi connectivity index (χ1v) is 15.0. The molecule has 8 N–H and O–H groups in total. The average Bonchev–Trinajstić information content (AvgIpc) is 2.70. The third kappa shape index (κ3) is 5.82. The van der Waals surface area contributed by atoms with Crippen molar-refractivity contribution < 1.29 is 62.8 Å². The van der Waals surface area contributed by atoms with Gasteiger partial charge < -0.3 is 23.9 Å². The topological polar surface area (TPSA) is 289 Å². The highest BCUT2D eigenvalue weighted by molar-refractivity contribution is 8.19. The summed E-state index contributed by atoms with van der Waals surface area (Å²) in [5.41, 5.74) is -1.95. The maximum Gasteiger partial charge on any atom is 0.298 e. The number of fused-ring (bicyclic) bond motifs is 1. The molecule has 0 spiro atoms. The monoisotopic (exact) mass is 600 g/mol. The lowest BCUT2D eigenvalue weighted by molar-refractivity contribution is 0.376. The van der Waals surface area contributed by atoms with Crippen LogP contribution in [0.2, 0.25) is 0 Å². The molecule has 0 bridgehead atoms. The zero-order chi connectivity index (χ0) is 28.3. The van der Waals surface area contributed by atoms with Crippen molar-refractivity contribution in [2.24, 2.45) is 10.2 Å². The molecule has 20 heteroatoms. The second-order valence-corrected chi connectivity index (χ2v) is 13.0.